The molecule has 0 unspecified atom stereocenters. The molecule has 2 aromatic rings. The number of nitrogens with two attached hydrogens (primary N) is 2. The summed E-state index contributed by atoms with van der Waals surface area (Å²) in [5, 5.41) is 1.40. The van der Waals surface area contributed by atoms with E-state index in [0.717, 1.165) is 29.8 Å². The largest absolute Gasteiger partial charge is 0.490 e. The highest BCUT2D eigenvalue weighted by molar-refractivity contribution is 5.67. The Hall–Kier alpha value is -3.19. The Balaban J connectivity index is 1.46. The van der Waals surface area contributed by atoms with Gasteiger partial charge in [-0.15, -0.1) is 0 Å². The Morgan fingerprint density at radius 3 is 2.42 bits per heavy atom. The van der Waals surface area contributed by atoms with E-state index in [2.05, 4.69) is 0 Å². The first-order valence-electron chi connectivity index (χ1n) is 10.7. The molecule has 1 amide bonds. The summed E-state index contributed by atoms with van der Waals surface area (Å²) < 4.78 is 11.3. The van der Waals surface area contributed by atoms with Crippen LogP contribution in [-0.4, -0.2) is 30.8 Å². The number of nitrogens with zero attached hydrogens (tertiary/aromatic N) is 2. The van der Waals surface area contributed by atoms with E-state index in [4.69, 9.17) is 21.1 Å². The molecule has 1 saturated carbocycles. The van der Waals surface area contributed by atoms with Crippen molar-refractivity contribution in [3.8, 4) is 5.75 Å². The van der Waals surface area contributed by atoms with Crippen molar-refractivity contribution >= 4 is 11.8 Å². The molecule has 166 valence electrons. The molecule has 1 fully saturated rings. The number of rotatable bonds is 8. The number of carbonyl (C=O) groups excluding carboxylic acids is 1. The molecule has 3 rings (SSSR count). The topological polar surface area (TPSA) is 94.1 Å². The minimum absolute atomic E-state index is 0.0471. The third kappa shape index (κ3) is 7.22. The van der Waals surface area contributed by atoms with Crippen molar-refractivity contribution in [1.82, 2.24) is 4.90 Å². The lowest BCUT2D eigenvalue weighted by atomic mass is 9.98. The van der Waals surface area contributed by atoms with Crippen molar-refractivity contribution in [1.29, 1.82) is 0 Å². The molecule has 31 heavy (non-hydrogen) atoms. The van der Waals surface area contributed by atoms with Gasteiger partial charge in [-0.05, 0) is 55.5 Å². The van der Waals surface area contributed by atoms with Gasteiger partial charge in [0.25, 0.3) is 0 Å². The number of anilines is 1. The van der Waals surface area contributed by atoms with Gasteiger partial charge in [-0.2, -0.15) is 0 Å². The predicted molar refractivity (Wildman–Crippen MR) is 122 cm³/mol. The van der Waals surface area contributed by atoms with E-state index in [1.165, 1.54) is 29.2 Å². The highest BCUT2D eigenvalue weighted by Crippen LogP contribution is 2.25. The maximum absolute atomic E-state index is 12.2. The minimum atomic E-state index is -0.451. The van der Waals surface area contributed by atoms with Crippen LogP contribution in [0.25, 0.3) is 0 Å². The number of hydrogen-bond acceptors (Lipinski definition) is 6. The first-order chi connectivity index (χ1) is 15.0. The summed E-state index contributed by atoms with van der Waals surface area (Å²) in [4.78, 5) is 13.7. The molecule has 7 nitrogen and oxygen atoms in total. The van der Waals surface area contributed by atoms with Gasteiger partial charge in [0, 0.05) is 19.8 Å². The molecule has 0 aromatic heterocycles. The van der Waals surface area contributed by atoms with Crippen LogP contribution in [0.1, 0.15) is 37.7 Å². The van der Waals surface area contributed by atoms with E-state index in [1.807, 2.05) is 54.6 Å². The fraction of sp³-hybridized carbons (Fsp3) is 0.375. The van der Waals surface area contributed by atoms with Crippen LogP contribution in [0.3, 0.4) is 0 Å². The standard InChI is InChI=1S/C24H32N4O3/c1-27(16-19-8-4-2-5-9-19)24(29)30-18-20(25)17-28(26)21-12-14-23(15-13-21)31-22-10-6-3-7-11-22/h2,4-5,8-9,12-15,17,22H,3,6-7,10-11,16,18,25-26H2,1H3/b20-17-. The van der Waals surface area contributed by atoms with E-state index in [-0.39, 0.29) is 6.61 Å². The van der Waals surface area contributed by atoms with Gasteiger partial charge in [0.1, 0.15) is 12.4 Å². The maximum Gasteiger partial charge on any atom is 0.410 e. The van der Waals surface area contributed by atoms with Crippen LogP contribution in [0.4, 0.5) is 10.5 Å². The number of carbonyl (C=O) groups is 1. The van der Waals surface area contributed by atoms with E-state index >= 15 is 0 Å². The summed E-state index contributed by atoms with van der Waals surface area (Å²) >= 11 is 0. The van der Waals surface area contributed by atoms with Gasteiger partial charge in [0.05, 0.1) is 17.5 Å². The molecule has 4 N–H and O–H groups in total. The quantitative estimate of drug-likeness (QED) is 0.488. The molecule has 2 aromatic carbocycles. The Kier molecular flexibility index (Phi) is 8.18. The molecule has 0 spiro atoms. The zero-order chi connectivity index (χ0) is 22.1. The van der Waals surface area contributed by atoms with Crippen molar-refractivity contribution in [2.75, 3.05) is 18.7 Å². The van der Waals surface area contributed by atoms with Gasteiger partial charge in [-0.1, -0.05) is 36.8 Å². The molecule has 1 aliphatic rings. The van der Waals surface area contributed by atoms with Crippen molar-refractivity contribution in [2.24, 2.45) is 11.6 Å². The average Bonchev–Trinajstić information content (AvgIpc) is 2.79. The fourth-order valence-corrected chi connectivity index (χ4v) is 3.54. The predicted octanol–water partition coefficient (Wildman–Crippen LogP) is 4.15. The van der Waals surface area contributed by atoms with Crippen molar-refractivity contribution in [3.63, 3.8) is 0 Å². The first-order valence-corrected chi connectivity index (χ1v) is 10.7. The molecule has 0 aliphatic heterocycles. The van der Waals surface area contributed by atoms with Crippen LogP contribution in [0.15, 0.2) is 66.5 Å². The first kappa shape index (κ1) is 22.5. The second-order valence-corrected chi connectivity index (χ2v) is 7.88. The molecular formula is C24H32N4O3. The van der Waals surface area contributed by atoms with Crippen LogP contribution >= 0.6 is 0 Å². The van der Waals surface area contributed by atoms with Gasteiger partial charge in [-0.3, -0.25) is 5.01 Å². The van der Waals surface area contributed by atoms with E-state index < -0.39 is 6.09 Å². The zero-order valence-corrected chi connectivity index (χ0v) is 18.1. The van der Waals surface area contributed by atoms with Gasteiger partial charge in [0.15, 0.2) is 0 Å². The molecule has 0 atom stereocenters. The van der Waals surface area contributed by atoms with Crippen molar-refractivity contribution < 1.29 is 14.3 Å². The Morgan fingerprint density at radius 1 is 1.06 bits per heavy atom. The van der Waals surface area contributed by atoms with Crippen LogP contribution in [0, 0.1) is 0 Å². The Labute approximate surface area is 184 Å². The van der Waals surface area contributed by atoms with E-state index in [9.17, 15) is 4.79 Å². The molecule has 0 bridgehead atoms. The van der Waals surface area contributed by atoms with Crippen molar-refractivity contribution in [2.45, 2.75) is 44.8 Å². The van der Waals surface area contributed by atoms with Gasteiger partial charge in [0.2, 0.25) is 0 Å². The summed E-state index contributed by atoms with van der Waals surface area (Å²) in [5.74, 6) is 6.93. The number of hydrazine groups is 1. The number of ether oxygens (including phenoxy) is 2. The molecule has 7 heteroatoms. The second-order valence-electron chi connectivity index (χ2n) is 7.88. The summed E-state index contributed by atoms with van der Waals surface area (Å²) in [6, 6.07) is 17.3. The maximum atomic E-state index is 12.2. The van der Waals surface area contributed by atoms with Crippen LogP contribution in [0.5, 0.6) is 5.75 Å². The molecular weight excluding hydrogens is 392 g/mol. The lowest BCUT2D eigenvalue weighted by molar-refractivity contribution is 0.117. The van der Waals surface area contributed by atoms with E-state index in [1.54, 1.807) is 13.2 Å². The summed E-state index contributed by atoms with van der Waals surface area (Å²) in [5.41, 5.74) is 8.10. The molecule has 0 heterocycles. The van der Waals surface area contributed by atoms with Crippen LogP contribution in [-0.2, 0) is 11.3 Å². The second kappa shape index (κ2) is 11.3. The summed E-state index contributed by atoms with van der Waals surface area (Å²) in [7, 11) is 1.68. The Bertz CT molecular complexity index is 849. The smallest absolute Gasteiger partial charge is 0.410 e. The third-order valence-electron chi connectivity index (χ3n) is 5.23. The number of amides is 1. The molecule has 0 radical (unpaired) electrons. The lowest BCUT2D eigenvalue weighted by Crippen LogP contribution is -2.30. The van der Waals surface area contributed by atoms with Crippen LogP contribution < -0.4 is 21.3 Å². The van der Waals surface area contributed by atoms with Gasteiger partial charge < -0.3 is 20.1 Å². The monoisotopic (exact) mass is 424 g/mol. The minimum Gasteiger partial charge on any atom is -0.490 e. The molecule has 0 saturated heterocycles. The average molecular weight is 425 g/mol. The SMILES string of the molecule is CN(Cc1ccccc1)C(=O)OC/C(N)=C/N(N)c1ccc(OC2CCCCC2)cc1. The Morgan fingerprint density at radius 2 is 1.74 bits per heavy atom. The van der Waals surface area contributed by atoms with E-state index in [0.29, 0.717) is 18.3 Å². The lowest BCUT2D eigenvalue weighted by Gasteiger charge is -2.23. The number of hydrogen-bond donors (Lipinski definition) is 2. The summed E-state index contributed by atoms with van der Waals surface area (Å²) in [6.45, 7) is 0.413. The highest BCUT2D eigenvalue weighted by atomic mass is 16.6. The zero-order valence-electron chi connectivity index (χ0n) is 18.1. The molecule has 1 aliphatic carbocycles. The normalized spacial score (nSPS) is 14.7. The third-order valence-corrected chi connectivity index (χ3v) is 5.23. The van der Waals surface area contributed by atoms with Gasteiger partial charge in [-0.25, -0.2) is 10.6 Å². The fourth-order valence-electron chi connectivity index (χ4n) is 3.54. The van der Waals surface area contributed by atoms with Crippen LogP contribution in [0.2, 0.25) is 0 Å². The highest BCUT2D eigenvalue weighted by Gasteiger charge is 2.15. The summed E-state index contributed by atoms with van der Waals surface area (Å²) in [6.07, 6.45) is 7.39. The van der Waals surface area contributed by atoms with Crippen molar-refractivity contribution in [3.05, 3.63) is 72.1 Å². The number of benzene rings is 2. The van der Waals surface area contributed by atoms with Gasteiger partial charge >= 0.3 is 6.09 Å².